The topological polar surface area (TPSA) is 83.6 Å². The molecule has 1 N–H and O–H groups in total. The second kappa shape index (κ2) is 9.72. The number of rotatable bonds is 7. The molecule has 0 aliphatic rings. The molecular formula is C28H26N2O4S. The SMILES string of the molecule is CC(=O)c1ccc(NC(=O)CN(c2cccc(C)c2C)S(=O)(=O)c2cccc3ccccc23)cc1. The Kier molecular flexibility index (Phi) is 6.71. The van der Waals surface area contributed by atoms with Crippen LogP contribution in [-0.4, -0.2) is 26.7 Å². The summed E-state index contributed by atoms with van der Waals surface area (Å²) >= 11 is 0. The second-order valence-corrected chi connectivity index (χ2v) is 10.2. The lowest BCUT2D eigenvalue weighted by Crippen LogP contribution is -2.38. The lowest BCUT2D eigenvalue weighted by molar-refractivity contribution is -0.114. The van der Waals surface area contributed by atoms with E-state index in [0.29, 0.717) is 22.3 Å². The Morgan fingerprint density at radius 3 is 2.20 bits per heavy atom. The Bertz CT molecular complexity index is 1520. The van der Waals surface area contributed by atoms with E-state index >= 15 is 0 Å². The first kappa shape index (κ1) is 24.2. The molecule has 0 bridgehead atoms. The highest BCUT2D eigenvalue weighted by Crippen LogP contribution is 2.32. The number of sulfonamides is 1. The third-order valence-electron chi connectivity index (χ3n) is 6.02. The highest BCUT2D eigenvalue weighted by atomic mass is 32.2. The molecule has 0 atom stereocenters. The van der Waals surface area contributed by atoms with Crippen molar-refractivity contribution in [1.29, 1.82) is 0 Å². The maximum atomic E-state index is 14.0. The van der Waals surface area contributed by atoms with Gasteiger partial charge < -0.3 is 5.32 Å². The Morgan fingerprint density at radius 1 is 0.829 bits per heavy atom. The minimum Gasteiger partial charge on any atom is -0.325 e. The number of hydrogen-bond donors (Lipinski definition) is 1. The lowest BCUT2D eigenvalue weighted by atomic mass is 10.1. The number of hydrogen-bond acceptors (Lipinski definition) is 4. The molecule has 0 aliphatic carbocycles. The van der Waals surface area contributed by atoms with Crippen molar-refractivity contribution in [1.82, 2.24) is 0 Å². The molecular weight excluding hydrogens is 460 g/mol. The highest BCUT2D eigenvalue weighted by molar-refractivity contribution is 7.93. The van der Waals surface area contributed by atoms with E-state index in [1.54, 1.807) is 60.7 Å². The maximum Gasteiger partial charge on any atom is 0.265 e. The first-order valence-electron chi connectivity index (χ1n) is 11.2. The molecule has 4 rings (SSSR count). The van der Waals surface area contributed by atoms with Crippen LogP contribution in [0.2, 0.25) is 0 Å². The number of fused-ring (bicyclic) bond motifs is 1. The van der Waals surface area contributed by atoms with Gasteiger partial charge >= 0.3 is 0 Å². The maximum absolute atomic E-state index is 14.0. The normalized spacial score (nSPS) is 11.3. The summed E-state index contributed by atoms with van der Waals surface area (Å²) in [6.07, 6.45) is 0. The smallest absolute Gasteiger partial charge is 0.265 e. The molecule has 0 spiro atoms. The number of Topliss-reactive ketones (excluding diaryl/α,β-unsaturated/α-hetero) is 1. The van der Waals surface area contributed by atoms with Crippen molar-refractivity contribution in [2.75, 3.05) is 16.2 Å². The second-order valence-electron chi connectivity index (χ2n) is 8.39. The van der Waals surface area contributed by atoms with Crippen LogP contribution in [0.1, 0.15) is 28.4 Å². The van der Waals surface area contributed by atoms with Gasteiger partial charge in [-0.3, -0.25) is 13.9 Å². The minimum atomic E-state index is -4.10. The number of carbonyl (C=O) groups excluding carboxylic acids is 2. The summed E-state index contributed by atoms with van der Waals surface area (Å²) in [5.41, 5.74) is 3.14. The van der Waals surface area contributed by atoms with E-state index < -0.39 is 22.5 Å². The highest BCUT2D eigenvalue weighted by Gasteiger charge is 2.30. The number of ketones is 1. The van der Waals surface area contributed by atoms with E-state index in [0.717, 1.165) is 20.8 Å². The van der Waals surface area contributed by atoms with Gasteiger partial charge in [0, 0.05) is 16.6 Å². The number of benzene rings is 4. The van der Waals surface area contributed by atoms with Crippen molar-refractivity contribution in [2.45, 2.75) is 25.7 Å². The van der Waals surface area contributed by atoms with Gasteiger partial charge in [0.05, 0.1) is 10.6 Å². The van der Waals surface area contributed by atoms with E-state index in [1.807, 2.05) is 38.1 Å². The van der Waals surface area contributed by atoms with Crippen LogP contribution in [0.3, 0.4) is 0 Å². The van der Waals surface area contributed by atoms with Gasteiger partial charge in [-0.15, -0.1) is 0 Å². The summed E-state index contributed by atoms with van der Waals surface area (Å²) in [6.45, 7) is 4.80. The van der Waals surface area contributed by atoms with Crippen LogP contribution in [0.15, 0.2) is 89.8 Å². The van der Waals surface area contributed by atoms with E-state index in [1.165, 1.54) is 6.92 Å². The Hall–Kier alpha value is -3.97. The average molecular weight is 487 g/mol. The summed E-state index contributed by atoms with van der Waals surface area (Å²) in [6, 6.07) is 24.3. The molecule has 0 saturated heterocycles. The van der Waals surface area contributed by atoms with Crippen molar-refractivity contribution in [3.05, 3.63) is 102 Å². The third-order valence-corrected chi connectivity index (χ3v) is 7.84. The third kappa shape index (κ3) is 4.95. The molecule has 178 valence electrons. The number of amides is 1. The summed E-state index contributed by atoms with van der Waals surface area (Å²) in [5.74, 6) is -0.574. The summed E-state index contributed by atoms with van der Waals surface area (Å²) in [4.78, 5) is 24.7. The van der Waals surface area contributed by atoms with Crippen molar-refractivity contribution in [2.24, 2.45) is 0 Å². The first-order valence-corrected chi connectivity index (χ1v) is 12.6. The Balaban J connectivity index is 1.75. The van der Waals surface area contributed by atoms with Crippen LogP contribution in [0.4, 0.5) is 11.4 Å². The molecule has 0 heterocycles. The van der Waals surface area contributed by atoms with Crippen molar-refractivity contribution < 1.29 is 18.0 Å². The predicted molar refractivity (Wildman–Crippen MR) is 139 cm³/mol. The average Bonchev–Trinajstić information content (AvgIpc) is 2.84. The number of nitrogens with one attached hydrogen (secondary N) is 1. The fourth-order valence-electron chi connectivity index (χ4n) is 3.96. The molecule has 0 saturated carbocycles. The van der Waals surface area contributed by atoms with Gasteiger partial charge in [-0.1, -0.05) is 48.5 Å². The molecule has 1 amide bonds. The number of carbonyl (C=O) groups is 2. The molecule has 7 heteroatoms. The largest absolute Gasteiger partial charge is 0.325 e. The fourth-order valence-corrected chi connectivity index (χ4v) is 5.66. The molecule has 6 nitrogen and oxygen atoms in total. The van der Waals surface area contributed by atoms with Crippen molar-refractivity contribution in [3.63, 3.8) is 0 Å². The van der Waals surface area contributed by atoms with Gasteiger partial charge in [-0.25, -0.2) is 8.42 Å². The number of anilines is 2. The Labute approximate surface area is 205 Å². The summed E-state index contributed by atoms with van der Waals surface area (Å²) < 4.78 is 29.2. The molecule has 0 fully saturated rings. The molecule has 35 heavy (non-hydrogen) atoms. The van der Waals surface area contributed by atoms with Gasteiger partial charge in [0.25, 0.3) is 10.0 Å². The van der Waals surface area contributed by atoms with Gasteiger partial charge in [-0.2, -0.15) is 0 Å². The zero-order chi connectivity index (χ0) is 25.2. The van der Waals surface area contributed by atoms with Crippen LogP contribution < -0.4 is 9.62 Å². The van der Waals surface area contributed by atoms with E-state index in [9.17, 15) is 18.0 Å². The van der Waals surface area contributed by atoms with Crippen molar-refractivity contribution >= 4 is 43.9 Å². The monoisotopic (exact) mass is 486 g/mol. The molecule has 0 aromatic heterocycles. The number of nitrogens with zero attached hydrogens (tertiary/aromatic N) is 1. The molecule has 0 unspecified atom stereocenters. The van der Waals surface area contributed by atoms with Crippen LogP contribution in [0.25, 0.3) is 10.8 Å². The van der Waals surface area contributed by atoms with Crippen LogP contribution in [-0.2, 0) is 14.8 Å². The van der Waals surface area contributed by atoms with Crippen LogP contribution in [0, 0.1) is 13.8 Å². The molecule has 0 radical (unpaired) electrons. The standard InChI is InChI=1S/C28H26N2O4S/c1-19-8-6-12-26(20(19)2)30(18-28(32)29-24-16-14-22(15-17-24)21(3)31)35(33,34)27-13-7-10-23-9-4-5-11-25(23)27/h4-17H,18H2,1-3H3,(H,29,32). The zero-order valence-corrected chi connectivity index (χ0v) is 20.6. The summed E-state index contributed by atoms with van der Waals surface area (Å²) in [5, 5.41) is 4.13. The van der Waals surface area contributed by atoms with Gasteiger partial charge in [0.15, 0.2) is 5.78 Å². The zero-order valence-electron chi connectivity index (χ0n) is 19.8. The minimum absolute atomic E-state index is 0.0786. The summed E-state index contributed by atoms with van der Waals surface area (Å²) in [7, 11) is -4.10. The van der Waals surface area contributed by atoms with Crippen molar-refractivity contribution in [3.8, 4) is 0 Å². The van der Waals surface area contributed by atoms with Gasteiger partial charge in [-0.05, 0) is 73.7 Å². The fraction of sp³-hybridized carbons (Fsp3) is 0.143. The van der Waals surface area contributed by atoms with E-state index in [-0.39, 0.29) is 10.7 Å². The van der Waals surface area contributed by atoms with Crippen LogP contribution >= 0.6 is 0 Å². The van der Waals surface area contributed by atoms with Crippen LogP contribution in [0.5, 0.6) is 0 Å². The molecule has 0 aliphatic heterocycles. The Morgan fingerprint density at radius 2 is 1.49 bits per heavy atom. The molecule has 4 aromatic carbocycles. The van der Waals surface area contributed by atoms with E-state index in [4.69, 9.17) is 0 Å². The van der Waals surface area contributed by atoms with Gasteiger partial charge in [0.2, 0.25) is 5.91 Å². The number of aryl methyl sites for hydroxylation is 1. The van der Waals surface area contributed by atoms with Gasteiger partial charge in [0.1, 0.15) is 6.54 Å². The quantitative estimate of drug-likeness (QED) is 0.350. The first-order chi connectivity index (χ1) is 16.7. The van der Waals surface area contributed by atoms with E-state index in [2.05, 4.69) is 5.32 Å². The predicted octanol–water partition coefficient (Wildman–Crippen LogP) is 5.49. The molecule has 4 aromatic rings. The lowest BCUT2D eigenvalue weighted by Gasteiger charge is -2.27.